The molecule has 4 nitrogen and oxygen atoms in total. The standard InChI is InChI=1S/C16H27N3O/c1-4-14-9-13(12-20)10-16(17-14)19-8-7-15(11-19)18(5-2)6-3/h9-10,15,20H,4-8,11-12H2,1-3H3. The Kier molecular flexibility index (Phi) is 5.38. The van der Waals surface area contributed by atoms with Crippen LogP contribution >= 0.6 is 0 Å². The molecule has 2 rings (SSSR count). The van der Waals surface area contributed by atoms with E-state index in [4.69, 9.17) is 4.98 Å². The zero-order valence-corrected chi connectivity index (χ0v) is 13.0. The molecule has 2 heterocycles. The van der Waals surface area contributed by atoms with Crippen LogP contribution in [-0.2, 0) is 13.0 Å². The minimum absolute atomic E-state index is 0.0931. The topological polar surface area (TPSA) is 39.6 Å². The van der Waals surface area contributed by atoms with Gasteiger partial charge >= 0.3 is 0 Å². The summed E-state index contributed by atoms with van der Waals surface area (Å²) in [5, 5.41) is 9.39. The van der Waals surface area contributed by atoms with Crippen molar-refractivity contribution in [2.45, 2.75) is 46.3 Å². The lowest BCUT2D eigenvalue weighted by atomic mass is 10.2. The van der Waals surface area contributed by atoms with Gasteiger partial charge in [0.2, 0.25) is 0 Å². The first kappa shape index (κ1) is 15.3. The molecule has 1 saturated heterocycles. The average molecular weight is 277 g/mol. The quantitative estimate of drug-likeness (QED) is 0.864. The van der Waals surface area contributed by atoms with E-state index in [0.29, 0.717) is 6.04 Å². The number of likely N-dealkylation sites (N-methyl/N-ethyl adjacent to an activating group) is 1. The molecule has 1 N–H and O–H groups in total. The minimum atomic E-state index is 0.0931. The van der Waals surface area contributed by atoms with Crippen LogP contribution in [0.3, 0.4) is 0 Å². The number of aryl methyl sites for hydroxylation is 1. The number of aliphatic hydroxyl groups is 1. The van der Waals surface area contributed by atoms with E-state index >= 15 is 0 Å². The first-order valence-corrected chi connectivity index (χ1v) is 7.81. The van der Waals surface area contributed by atoms with Crippen LogP contribution in [0.4, 0.5) is 5.82 Å². The van der Waals surface area contributed by atoms with Gasteiger partial charge in [-0.1, -0.05) is 20.8 Å². The molecule has 1 atom stereocenters. The minimum Gasteiger partial charge on any atom is -0.392 e. The second-order valence-corrected chi connectivity index (χ2v) is 5.45. The van der Waals surface area contributed by atoms with Gasteiger partial charge in [-0.2, -0.15) is 0 Å². The van der Waals surface area contributed by atoms with Crippen molar-refractivity contribution in [3.63, 3.8) is 0 Å². The predicted octanol–water partition coefficient (Wildman–Crippen LogP) is 2.06. The van der Waals surface area contributed by atoms with Gasteiger partial charge in [-0.3, -0.25) is 4.90 Å². The number of nitrogens with zero attached hydrogens (tertiary/aromatic N) is 3. The molecule has 20 heavy (non-hydrogen) atoms. The number of pyridine rings is 1. The van der Waals surface area contributed by atoms with Gasteiger partial charge in [0.05, 0.1) is 6.61 Å². The molecule has 4 heteroatoms. The van der Waals surface area contributed by atoms with Gasteiger partial charge in [0.25, 0.3) is 0 Å². The van der Waals surface area contributed by atoms with Gasteiger partial charge in [0.15, 0.2) is 0 Å². The summed E-state index contributed by atoms with van der Waals surface area (Å²) in [6, 6.07) is 4.67. The first-order valence-electron chi connectivity index (χ1n) is 7.81. The van der Waals surface area contributed by atoms with E-state index in [1.165, 1.54) is 6.42 Å². The van der Waals surface area contributed by atoms with Crippen LogP contribution in [0.5, 0.6) is 0 Å². The molecule has 1 fully saturated rings. The zero-order chi connectivity index (χ0) is 14.5. The van der Waals surface area contributed by atoms with E-state index in [1.54, 1.807) is 0 Å². The van der Waals surface area contributed by atoms with Crippen LogP contribution in [-0.4, -0.2) is 47.2 Å². The van der Waals surface area contributed by atoms with E-state index < -0.39 is 0 Å². The van der Waals surface area contributed by atoms with E-state index in [2.05, 4.69) is 30.6 Å². The number of hydrogen-bond donors (Lipinski definition) is 1. The molecule has 1 aliphatic rings. The Balaban J connectivity index is 2.13. The van der Waals surface area contributed by atoms with Gasteiger partial charge in [-0.15, -0.1) is 0 Å². The van der Waals surface area contributed by atoms with Crippen LogP contribution in [0, 0.1) is 0 Å². The highest BCUT2D eigenvalue weighted by atomic mass is 16.3. The van der Waals surface area contributed by atoms with Gasteiger partial charge < -0.3 is 10.0 Å². The summed E-state index contributed by atoms with van der Waals surface area (Å²) in [7, 11) is 0. The monoisotopic (exact) mass is 277 g/mol. The fraction of sp³-hybridized carbons (Fsp3) is 0.688. The fourth-order valence-electron chi connectivity index (χ4n) is 3.06. The van der Waals surface area contributed by atoms with Gasteiger partial charge in [-0.05, 0) is 43.6 Å². The molecule has 1 unspecified atom stereocenters. The van der Waals surface area contributed by atoms with Gasteiger partial charge in [0, 0.05) is 24.8 Å². The molecule has 0 radical (unpaired) electrons. The Labute approximate surface area is 122 Å². The van der Waals surface area contributed by atoms with Crippen molar-refractivity contribution in [3.8, 4) is 0 Å². The van der Waals surface area contributed by atoms with Crippen LogP contribution in [0.2, 0.25) is 0 Å². The van der Waals surface area contributed by atoms with Crippen molar-refractivity contribution in [1.82, 2.24) is 9.88 Å². The summed E-state index contributed by atoms with van der Waals surface area (Å²) >= 11 is 0. The maximum atomic E-state index is 9.39. The van der Waals surface area contributed by atoms with E-state index in [9.17, 15) is 5.11 Å². The summed E-state index contributed by atoms with van der Waals surface area (Å²) in [4.78, 5) is 9.61. The summed E-state index contributed by atoms with van der Waals surface area (Å²) in [5.74, 6) is 1.03. The zero-order valence-electron chi connectivity index (χ0n) is 13.0. The van der Waals surface area contributed by atoms with E-state index in [0.717, 1.165) is 49.7 Å². The molecule has 1 aromatic heterocycles. The first-order chi connectivity index (χ1) is 9.71. The molecule has 0 aromatic carbocycles. The highest BCUT2D eigenvalue weighted by Crippen LogP contribution is 2.23. The lowest BCUT2D eigenvalue weighted by molar-refractivity contribution is 0.232. The van der Waals surface area contributed by atoms with Crippen molar-refractivity contribution >= 4 is 5.82 Å². The molecule has 0 aliphatic carbocycles. The van der Waals surface area contributed by atoms with Crippen molar-refractivity contribution in [2.24, 2.45) is 0 Å². The van der Waals surface area contributed by atoms with Crippen LogP contribution in [0.15, 0.2) is 12.1 Å². The van der Waals surface area contributed by atoms with Gasteiger partial charge in [-0.25, -0.2) is 4.98 Å². The molecule has 0 spiro atoms. The number of anilines is 1. The molecule has 112 valence electrons. The molecule has 0 bridgehead atoms. The lowest BCUT2D eigenvalue weighted by Gasteiger charge is -2.26. The normalized spacial score (nSPS) is 19.1. The predicted molar refractivity (Wildman–Crippen MR) is 83.1 cm³/mol. The Morgan fingerprint density at radius 1 is 1.30 bits per heavy atom. The summed E-state index contributed by atoms with van der Waals surface area (Å²) in [6.07, 6.45) is 2.11. The van der Waals surface area contributed by atoms with Crippen molar-refractivity contribution in [3.05, 3.63) is 23.4 Å². The van der Waals surface area contributed by atoms with Crippen molar-refractivity contribution in [2.75, 3.05) is 31.1 Å². The van der Waals surface area contributed by atoms with Crippen LogP contribution < -0.4 is 4.90 Å². The Morgan fingerprint density at radius 3 is 2.65 bits per heavy atom. The maximum Gasteiger partial charge on any atom is 0.129 e. The number of hydrogen-bond acceptors (Lipinski definition) is 4. The third-order valence-corrected chi connectivity index (χ3v) is 4.29. The van der Waals surface area contributed by atoms with Crippen molar-refractivity contribution < 1.29 is 5.11 Å². The third kappa shape index (κ3) is 3.30. The summed E-state index contributed by atoms with van der Waals surface area (Å²) in [5.41, 5.74) is 2.04. The Morgan fingerprint density at radius 2 is 2.05 bits per heavy atom. The highest BCUT2D eigenvalue weighted by molar-refractivity contribution is 5.44. The molecule has 0 saturated carbocycles. The lowest BCUT2D eigenvalue weighted by Crippen LogP contribution is -2.37. The summed E-state index contributed by atoms with van der Waals surface area (Å²) in [6.45, 7) is 11.0. The second kappa shape index (κ2) is 7.04. The number of aromatic nitrogens is 1. The highest BCUT2D eigenvalue weighted by Gasteiger charge is 2.27. The molecular weight excluding hydrogens is 250 g/mol. The van der Waals surface area contributed by atoms with Crippen LogP contribution in [0.25, 0.3) is 0 Å². The van der Waals surface area contributed by atoms with E-state index in [-0.39, 0.29) is 6.61 Å². The molecule has 0 amide bonds. The molecule has 1 aliphatic heterocycles. The SMILES string of the molecule is CCc1cc(CO)cc(N2CCC(N(CC)CC)C2)n1. The largest absolute Gasteiger partial charge is 0.392 e. The Hall–Kier alpha value is -1.13. The molecular formula is C16H27N3O. The summed E-state index contributed by atoms with van der Waals surface area (Å²) < 4.78 is 0. The Bertz CT molecular complexity index is 409. The smallest absolute Gasteiger partial charge is 0.129 e. The van der Waals surface area contributed by atoms with Gasteiger partial charge in [0.1, 0.15) is 5.82 Å². The average Bonchev–Trinajstić information content (AvgIpc) is 2.97. The van der Waals surface area contributed by atoms with E-state index in [1.807, 2.05) is 12.1 Å². The molecule has 1 aromatic rings. The third-order valence-electron chi connectivity index (χ3n) is 4.29. The second-order valence-electron chi connectivity index (χ2n) is 5.45. The fourth-order valence-corrected chi connectivity index (χ4v) is 3.06. The number of aliphatic hydroxyl groups excluding tert-OH is 1. The number of rotatable bonds is 6. The maximum absolute atomic E-state index is 9.39. The van der Waals surface area contributed by atoms with Crippen LogP contribution in [0.1, 0.15) is 38.4 Å². The van der Waals surface area contributed by atoms with Crippen molar-refractivity contribution in [1.29, 1.82) is 0 Å².